The number of thioether (sulfide) groups is 1. The van der Waals surface area contributed by atoms with Crippen LogP contribution in [-0.2, 0) is 14.4 Å². The third-order valence-corrected chi connectivity index (χ3v) is 11.3. The van der Waals surface area contributed by atoms with E-state index in [4.69, 9.17) is 4.74 Å². The molecule has 3 heterocycles. The summed E-state index contributed by atoms with van der Waals surface area (Å²) in [5, 5.41) is 15.4. The van der Waals surface area contributed by atoms with Gasteiger partial charge in [-0.05, 0) is 88.8 Å². The average molecular weight is 594 g/mol. The predicted octanol–water partition coefficient (Wildman–Crippen LogP) is 5.31. The van der Waals surface area contributed by atoms with E-state index in [1.54, 1.807) is 16.7 Å². The number of amides is 3. The molecule has 3 aliphatic heterocycles. The molecule has 0 saturated carbocycles. The highest BCUT2D eigenvalue weighted by atomic mass is 32.2. The Labute approximate surface area is 253 Å². The van der Waals surface area contributed by atoms with Crippen molar-refractivity contribution in [1.82, 2.24) is 4.90 Å². The number of likely N-dealkylation sites (tertiary alicyclic amines) is 1. The Bertz CT molecular complexity index is 1310. The summed E-state index contributed by atoms with van der Waals surface area (Å²) in [6, 6.07) is 12.5. The van der Waals surface area contributed by atoms with Crippen LogP contribution in [0.1, 0.15) is 63.5 Å². The molecule has 0 radical (unpaired) electrons. The Balaban J connectivity index is 1.44. The Morgan fingerprint density at radius 1 is 1.00 bits per heavy atom. The van der Waals surface area contributed by atoms with E-state index in [2.05, 4.69) is 17.6 Å². The van der Waals surface area contributed by atoms with E-state index >= 15 is 0 Å². The van der Waals surface area contributed by atoms with E-state index in [9.17, 15) is 19.5 Å². The molecule has 3 saturated heterocycles. The Morgan fingerprint density at radius 3 is 2.36 bits per heavy atom. The van der Waals surface area contributed by atoms with Crippen LogP contribution in [0.5, 0.6) is 5.75 Å². The maximum atomic E-state index is 14.3. The van der Waals surface area contributed by atoms with Crippen LogP contribution in [0.25, 0.3) is 0 Å². The minimum absolute atomic E-state index is 0.0958. The molecule has 1 spiro atoms. The number of fused-ring (bicyclic) bond motifs is 1. The molecule has 2 bridgehead atoms. The van der Waals surface area contributed by atoms with Crippen LogP contribution >= 0.6 is 11.8 Å². The molecule has 9 heteroatoms. The van der Waals surface area contributed by atoms with Gasteiger partial charge in [-0.25, -0.2) is 0 Å². The lowest BCUT2D eigenvalue weighted by Crippen LogP contribution is -2.52. The minimum atomic E-state index is -0.668. The van der Waals surface area contributed by atoms with Crippen LogP contribution in [0.2, 0.25) is 0 Å². The first-order valence-electron chi connectivity index (χ1n) is 15.2. The third kappa shape index (κ3) is 5.41. The van der Waals surface area contributed by atoms with Crippen molar-refractivity contribution >= 4 is 40.9 Å². The molecule has 8 nitrogen and oxygen atoms in total. The van der Waals surface area contributed by atoms with Crippen LogP contribution in [0.3, 0.4) is 0 Å². The summed E-state index contributed by atoms with van der Waals surface area (Å²) in [6.07, 6.45) is 4.67. The van der Waals surface area contributed by atoms with Gasteiger partial charge in [0.1, 0.15) is 11.8 Å². The molecule has 42 heavy (non-hydrogen) atoms. The van der Waals surface area contributed by atoms with E-state index < -0.39 is 27.4 Å². The number of unbranched alkanes of at least 4 members (excludes halogenated alkanes) is 3. The average Bonchev–Trinajstić information content (AvgIpc) is 3.52. The second kappa shape index (κ2) is 12.3. The number of aliphatic hydroxyl groups is 1. The van der Waals surface area contributed by atoms with Crippen molar-refractivity contribution in [3.8, 4) is 5.75 Å². The molecule has 5 atom stereocenters. The second-order valence-corrected chi connectivity index (χ2v) is 14.0. The van der Waals surface area contributed by atoms with Crippen LogP contribution in [-0.4, -0.2) is 63.0 Å². The maximum absolute atomic E-state index is 14.3. The number of nitrogens with zero attached hydrogens (tertiary/aromatic N) is 1. The Kier molecular flexibility index (Phi) is 8.90. The first-order chi connectivity index (χ1) is 20.1. The summed E-state index contributed by atoms with van der Waals surface area (Å²) >= 11 is 1.68. The summed E-state index contributed by atoms with van der Waals surface area (Å²) in [5.41, 5.74) is 3.39. The van der Waals surface area contributed by atoms with Crippen LogP contribution in [0, 0.1) is 25.7 Å². The molecule has 3 N–H and O–H groups in total. The van der Waals surface area contributed by atoms with Crippen molar-refractivity contribution in [2.24, 2.45) is 11.8 Å². The zero-order valence-electron chi connectivity index (χ0n) is 25.1. The summed E-state index contributed by atoms with van der Waals surface area (Å²) in [5.74, 6) is -0.840. The quantitative estimate of drug-likeness (QED) is 0.288. The number of hydrogen-bond acceptors (Lipinski definition) is 6. The number of ether oxygens (including phenoxy) is 1. The number of rotatable bonds is 12. The van der Waals surface area contributed by atoms with Gasteiger partial charge in [0, 0.05) is 29.3 Å². The molecule has 3 fully saturated rings. The normalized spacial score (nSPS) is 27.7. The lowest BCUT2D eigenvalue weighted by atomic mass is 9.66. The number of aryl methyl sites for hydroxylation is 2. The van der Waals surface area contributed by atoms with E-state index in [1.807, 2.05) is 63.2 Å². The second-order valence-electron chi connectivity index (χ2n) is 12.1. The first-order valence-corrected chi connectivity index (χ1v) is 16.0. The van der Waals surface area contributed by atoms with Gasteiger partial charge < -0.3 is 25.4 Å². The van der Waals surface area contributed by atoms with Gasteiger partial charge in [0.05, 0.1) is 23.2 Å². The summed E-state index contributed by atoms with van der Waals surface area (Å²) in [4.78, 5) is 44.3. The van der Waals surface area contributed by atoms with Crippen LogP contribution < -0.4 is 15.4 Å². The molecule has 2 aromatic carbocycles. The van der Waals surface area contributed by atoms with Crippen LogP contribution in [0.15, 0.2) is 42.5 Å². The van der Waals surface area contributed by atoms with Crippen molar-refractivity contribution in [3.05, 3.63) is 53.6 Å². The fraction of sp³-hybridized carbons (Fsp3) is 0.545. The Hall–Kier alpha value is -3.04. The zero-order valence-corrected chi connectivity index (χ0v) is 25.9. The van der Waals surface area contributed by atoms with Gasteiger partial charge in [0.15, 0.2) is 0 Å². The molecular weight excluding hydrogens is 550 g/mol. The van der Waals surface area contributed by atoms with Crippen molar-refractivity contribution < 1.29 is 24.2 Å². The number of benzene rings is 2. The molecule has 3 amide bonds. The molecule has 3 aliphatic rings. The lowest BCUT2D eigenvalue weighted by molar-refractivity contribution is -0.139. The summed E-state index contributed by atoms with van der Waals surface area (Å²) < 4.78 is 4.42. The number of anilines is 2. The van der Waals surface area contributed by atoms with E-state index in [0.717, 1.165) is 54.7 Å². The molecule has 226 valence electrons. The fourth-order valence-corrected chi connectivity index (χ4v) is 9.70. The van der Waals surface area contributed by atoms with Gasteiger partial charge in [-0.15, -0.1) is 11.8 Å². The number of carbonyl (C=O) groups is 3. The molecule has 5 rings (SSSR count). The van der Waals surface area contributed by atoms with Crippen molar-refractivity contribution in [3.63, 3.8) is 0 Å². The topological polar surface area (TPSA) is 108 Å². The number of nitrogens with one attached hydrogen (secondary N) is 2. The molecule has 2 unspecified atom stereocenters. The van der Waals surface area contributed by atoms with Gasteiger partial charge in [-0.3, -0.25) is 14.4 Å². The van der Waals surface area contributed by atoms with Crippen LogP contribution in [0.4, 0.5) is 11.4 Å². The molecule has 2 aromatic rings. The molecule has 0 aliphatic carbocycles. The van der Waals surface area contributed by atoms with E-state index in [0.29, 0.717) is 25.3 Å². The van der Waals surface area contributed by atoms with E-state index in [1.165, 1.54) is 0 Å². The van der Waals surface area contributed by atoms with Gasteiger partial charge in [0.2, 0.25) is 17.7 Å². The highest BCUT2D eigenvalue weighted by Gasteiger charge is 2.77. The number of para-hydroxylation sites is 1. The summed E-state index contributed by atoms with van der Waals surface area (Å²) in [6.45, 7) is 9.12. The van der Waals surface area contributed by atoms with Crippen molar-refractivity contribution in [2.75, 3.05) is 30.4 Å². The number of aliphatic hydroxyl groups excluding tert-OH is 1. The SMILES string of the molecule is CCOc1ccc(NC(=O)[C@H]2[C@H]3C(=O)N(CCCCCCO)C(C(=O)Nc4c(C)cccc4C)C34CC[C@]2(C)S4)cc1. The van der Waals surface area contributed by atoms with Crippen molar-refractivity contribution in [1.29, 1.82) is 0 Å². The van der Waals surface area contributed by atoms with E-state index in [-0.39, 0.29) is 24.3 Å². The summed E-state index contributed by atoms with van der Waals surface area (Å²) in [7, 11) is 0. The predicted molar refractivity (Wildman–Crippen MR) is 167 cm³/mol. The highest BCUT2D eigenvalue weighted by molar-refractivity contribution is 8.02. The minimum Gasteiger partial charge on any atom is -0.494 e. The van der Waals surface area contributed by atoms with Gasteiger partial charge >= 0.3 is 0 Å². The highest BCUT2D eigenvalue weighted by Crippen LogP contribution is 2.71. The van der Waals surface area contributed by atoms with Crippen molar-refractivity contribution in [2.45, 2.75) is 81.8 Å². The standard InChI is InChI=1S/C33H43N3O5S/c1-5-41-24-15-13-23(14-16-24)34-29(38)25-26-31(40)36(19-8-6-7-9-20-37)28(33(26)18-17-32(25,4)42-33)30(39)35-27-21(2)11-10-12-22(27)3/h10-16,25-26,28,37H,5-9,17-20H2,1-4H3,(H,34,38)(H,35,39)/t25-,26+,28?,32+,33?/m1/s1. The lowest BCUT2D eigenvalue weighted by Gasteiger charge is -2.35. The zero-order chi connectivity index (χ0) is 30.1. The first kappa shape index (κ1) is 30.4. The monoisotopic (exact) mass is 593 g/mol. The fourth-order valence-electron chi connectivity index (χ4n) is 7.34. The maximum Gasteiger partial charge on any atom is 0.248 e. The molecule has 0 aromatic heterocycles. The van der Waals surface area contributed by atoms with Gasteiger partial charge in [0.25, 0.3) is 0 Å². The molecular formula is C33H43N3O5S. The number of hydrogen-bond donors (Lipinski definition) is 3. The van der Waals surface area contributed by atoms with Gasteiger partial charge in [-0.1, -0.05) is 31.0 Å². The largest absolute Gasteiger partial charge is 0.494 e. The smallest absolute Gasteiger partial charge is 0.248 e. The third-order valence-electron chi connectivity index (χ3n) is 9.28. The number of carbonyl (C=O) groups excluding carboxylic acids is 3. The van der Waals surface area contributed by atoms with Gasteiger partial charge in [-0.2, -0.15) is 0 Å². The Morgan fingerprint density at radius 2 is 1.69 bits per heavy atom.